The number of aliphatic carboxylic acids is 1. The fourth-order valence-corrected chi connectivity index (χ4v) is 3.01. The molecule has 2 fully saturated rings. The number of amides is 1. The molecule has 1 amide bonds. The van der Waals surface area contributed by atoms with Crippen LogP contribution < -0.4 is 5.32 Å². The molecule has 0 aromatic carbocycles. The first-order valence-electron chi connectivity index (χ1n) is 7.29. The zero-order chi connectivity index (χ0) is 13.7. The minimum Gasteiger partial charge on any atom is -0.481 e. The average Bonchev–Trinajstić information content (AvgIpc) is 2.89. The molecule has 108 valence electrons. The van der Waals surface area contributed by atoms with E-state index in [0.29, 0.717) is 18.9 Å². The monoisotopic (exact) mass is 269 g/mol. The molecule has 2 rings (SSSR count). The Hall–Kier alpha value is -1.10. The van der Waals surface area contributed by atoms with Gasteiger partial charge in [0.1, 0.15) is 6.61 Å². The zero-order valence-corrected chi connectivity index (χ0v) is 11.3. The Kier molecular flexibility index (Phi) is 5.19. The van der Waals surface area contributed by atoms with Crippen LogP contribution in [0, 0.1) is 5.92 Å². The van der Waals surface area contributed by atoms with E-state index in [1.807, 2.05) is 0 Å². The van der Waals surface area contributed by atoms with Crippen LogP contribution >= 0.6 is 0 Å². The lowest BCUT2D eigenvalue weighted by atomic mass is 9.87. The van der Waals surface area contributed by atoms with Crippen molar-refractivity contribution in [2.45, 2.75) is 63.5 Å². The highest BCUT2D eigenvalue weighted by Gasteiger charge is 2.26. The number of hydrogen-bond donors (Lipinski definition) is 2. The molecule has 0 heterocycles. The van der Waals surface area contributed by atoms with Gasteiger partial charge in [0.05, 0.1) is 12.0 Å². The first kappa shape index (κ1) is 14.3. The third-order valence-corrected chi connectivity index (χ3v) is 4.19. The highest BCUT2D eigenvalue weighted by molar-refractivity contribution is 5.77. The van der Waals surface area contributed by atoms with Gasteiger partial charge in [-0.05, 0) is 38.5 Å². The van der Waals surface area contributed by atoms with E-state index in [1.54, 1.807) is 0 Å². The minimum absolute atomic E-state index is 0.0349. The summed E-state index contributed by atoms with van der Waals surface area (Å²) in [7, 11) is 0. The normalized spacial score (nSPS) is 28.2. The third-order valence-electron chi connectivity index (χ3n) is 4.19. The number of rotatable bonds is 5. The Labute approximate surface area is 113 Å². The Bertz CT molecular complexity index is 317. The molecule has 0 radical (unpaired) electrons. The smallest absolute Gasteiger partial charge is 0.306 e. The molecule has 0 aromatic rings. The van der Waals surface area contributed by atoms with E-state index in [2.05, 4.69) is 5.32 Å². The summed E-state index contributed by atoms with van der Waals surface area (Å²) >= 11 is 0. The quantitative estimate of drug-likeness (QED) is 0.796. The zero-order valence-electron chi connectivity index (χ0n) is 11.3. The Morgan fingerprint density at radius 1 is 1.05 bits per heavy atom. The minimum atomic E-state index is -0.711. The van der Waals surface area contributed by atoms with E-state index in [9.17, 15) is 9.59 Å². The summed E-state index contributed by atoms with van der Waals surface area (Å²) in [4.78, 5) is 22.5. The van der Waals surface area contributed by atoms with Crippen LogP contribution in [0.3, 0.4) is 0 Å². The molecule has 0 saturated heterocycles. The molecule has 2 saturated carbocycles. The average molecular weight is 269 g/mol. The van der Waals surface area contributed by atoms with Gasteiger partial charge in [0.25, 0.3) is 0 Å². The number of hydrogen-bond acceptors (Lipinski definition) is 3. The molecule has 0 unspecified atom stereocenters. The SMILES string of the molecule is O=C(COC1CCC(C(=O)O)CC1)NC1CCCC1. The fourth-order valence-electron chi connectivity index (χ4n) is 3.01. The van der Waals surface area contributed by atoms with Gasteiger partial charge in [0.15, 0.2) is 0 Å². The lowest BCUT2D eigenvalue weighted by Gasteiger charge is -2.26. The fraction of sp³-hybridized carbons (Fsp3) is 0.857. The highest BCUT2D eigenvalue weighted by atomic mass is 16.5. The van der Waals surface area contributed by atoms with Gasteiger partial charge >= 0.3 is 5.97 Å². The molecule has 2 N–H and O–H groups in total. The predicted octanol–water partition coefficient (Wildman–Crippen LogP) is 1.71. The predicted molar refractivity (Wildman–Crippen MR) is 69.7 cm³/mol. The topological polar surface area (TPSA) is 75.6 Å². The number of carbonyl (C=O) groups is 2. The van der Waals surface area contributed by atoms with Crippen molar-refractivity contribution in [3.8, 4) is 0 Å². The van der Waals surface area contributed by atoms with Crippen molar-refractivity contribution < 1.29 is 19.4 Å². The van der Waals surface area contributed by atoms with Crippen molar-refractivity contribution in [1.82, 2.24) is 5.32 Å². The van der Waals surface area contributed by atoms with Gasteiger partial charge < -0.3 is 15.2 Å². The molecule has 0 bridgehead atoms. The van der Waals surface area contributed by atoms with Gasteiger partial charge in [-0.15, -0.1) is 0 Å². The second kappa shape index (κ2) is 6.89. The van der Waals surface area contributed by atoms with Gasteiger partial charge in [-0.3, -0.25) is 9.59 Å². The van der Waals surface area contributed by atoms with E-state index in [0.717, 1.165) is 25.7 Å². The largest absolute Gasteiger partial charge is 0.481 e. The number of carboxylic acid groups (broad SMARTS) is 1. The van der Waals surface area contributed by atoms with E-state index >= 15 is 0 Å². The summed E-state index contributed by atoms with van der Waals surface area (Å²) in [6.45, 7) is 0.110. The lowest BCUT2D eigenvalue weighted by molar-refractivity contribution is -0.144. The molecule has 5 heteroatoms. The van der Waals surface area contributed by atoms with Crippen LogP contribution in [0.1, 0.15) is 51.4 Å². The summed E-state index contributed by atoms with van der Waals surface area (Å²) in [6.07, 6.45) is 7.40. The first-order chi connectivity index (χ1) is 9.15. The van der Waals surface area contributed by atoms with E-state index in [1.165, 1.54) is 12.8 Å². The molecule has 2 aliphatic rings. The van der Waals surface area contributed by atoms with Crippen molar-refractivity contribution in [2.24, 2.45) is 5.92 Å². The van der Waals surface area contributed by atoms with Gasteiger partial charge in [-0.2, -0.15) is 0 Å². The number of carboxylic acids is 1. The van der Waals surface area contributed by atoms with Gasteiger partial charge in [-0.25, -0.2) is 0 Å². The molecule has 5 nitrogen and oxygen atoms in total. The molecule has 19 heavy (non-hydrogen) atoms. The van der Waals surface area contributed by atoms with Crippen LogP contribution in [-0.4, -0.2) is 35.7 Å². The van der Waals surface area contributed by atoms with E-state index < -0.39 is 5.97 Å². The van der Waals surface area contributed by atoms with Crippen LogP contribution in [0.15, 0.2) is 0 Å². The maximum Gasteiger partial charge on any atom is 0.306 e. The van der Waals surface area contributed by atoms with Crippen molar-refractivity contribution >= 4 is 11.9 Å². The molecule has 0 spiro atoms. The number of ether oxygens (including phenoxy) is 1. The van der Waals surface area contributed by atoms with Crippen molar-refractivity contribution in [1.29, 1.82) is 0 Å². The Morgan fingerprint density at radius 2 is 1.68 bits per heavy atom. The Morgan fingerprint density at radius 3 is 2.26 bits per heavy atom. The summed E-state index contributed by atoms with van der Waals surface area (Å²) in [6, 6.07) is 0.332. The molecule has 0 atom stereocenters. The van der Waals surface area contributed by atoms with Crippen molar-refractivity contribution in [2.75, 3.05) is 6.61 Å². The Balaban J connectivity index is 1.60. The molecular weight excluding hydrogens is 246 g/mol. The van der Waals surface area contributed by atoms with Gasteiger partial charge in [-0.1, -0.05) is 12.8 Å². The standard InChI is InChI=1S/C14H23NO4/c16-13(15-11-3-1-2-4-11)9-19-12-7-5-10(6-8-12)14(17)18/h10-12H,1-9H2,(H,15,16)(H,17,18). The van der Waals surface area contributed by atoms with Crippen LogP contribution in [0.25, 0.3) is 0 Å². The molecule has 0 aliphatic heterocycles. The summed E-state index contributed by atoms with van der Waals surface area (Å²) in [5.41, 5.74) is 0. The molecule has 0 aromatic heterocycles. The van der Waals surface area contributed by atoms with Crippen molar-refractivity contribution in [3.05, 3.63) is 0 Å². The first-order valence-corrected chi connectivity index (χ1v) is 7.29. The van der Waals surface area contributed by atoms with Crippen molar-refractivity contribution in [3.63, 3.8) is 0 Å². The lowest BCUT2D eigenvalue weighted by Crippen LogP contribution is -2.37. The second-order valence-electron chi connectivity index (χ2n) is 5.67. The van der Waals surface area contributed by atoms with Crippen LogP contribution in [0.5, 0.6) is 0 Å². The van der Waals surface area contributed by atoms with Crippen LogP contribution in [0.4, 0.5) is 0 Å². The molecular formula is C14H23NO4. The summed E-state index contributed by atoms with van der Waals surface area (Å²) in [5.74, 6) is -0.975. The summed E-state index contributed by atoms with van der Waals surface area (Å²) < 4.78 is 5.58. The van der Waals surface area contributed by atoms with Gasteiger partial charge in [0, 0.05) is 6.04 Å². The highest BCUT2D eigenvalue weighted by Crippen LogP contribution is 2.26. The maximum atomic E-state index is 11.7. The maximum absolute atomic E-state index is 11.7. The number of carbonyl (C=O) groups excluding carboxylic acids is 1. The molecule has 2 aliphatic carbocycles. The van der Waals surface area contributed by atoms with Crippen LogP contribution in [0.2, 0.25) is 0 Å². The van der Waals surface area contributed by atoms with E-state index in [4.69, 9.17) is 9.84 Å². The van der Waals surface area contributed by atoms with Crippen LogP contribution in [-0.2, 0) is 14.3 Å². The summed E-state index contributed by atoms with van der Waals surface area (Å²) in [5, 5.41) is 11.9. The second-order valence-corrected chi connectivity index (χ2v) is 5.67. The van der Waals surface area contributed by atoms with E-state index in [-0.39, 0.29) is 24.5 Å². The third kappa shape index (κ3) is 4.49. The van der Waals surface area contributed by atoms with Gasteiger partial charge in [0.2, 0.25) is 5.91 Å². The number of nitrogens with one attached hydrogen (secondary N) is 1.